The third-order valence-corrected chi connectivity index (χ3v) is 6.46. The molecule has 144 valence electrons. The van der Waals surface area contributed by atoms with Gasteiger partial charge in [0.05, 0.1) is 18.3 Å². The number of likely N-dealkylation sites (tertiary alicyclic amines) is 1. The molecule has 3 atom stereocenters. The second-order valence-electron chi connectivity index (χ2n) is 8.35. The quantitative estimate of drug-likeness (QED) is 0.838. The number of carbonyl (C=O) groups excluding carboxylic acids is 1. The molecule has 1 aromatic heterocycles. The summed E-state index contributed by atoms with van der Waals surface area (Å²) in [6.45, 7) is 3.75. The number of carbonyl (C=O) groups is 1. The molecule has 0 radical (unpaired) electrons. The van der Waals surface area contributed by atoms with E-state index < -0.39 is 0 Å². The van der Waals surface area contributed by atoms with Crippen molar-refractivity contribution in [1.29, 1.82) is 0 Å². The highest BCUT2D eigenvalue weighted by Gasteiger charge is 2.33. The first-order valence-corrected chi connectivity index (χ1v) is 10.5. The summed E-state index contributed by atoms with van der Waals surface area (Å²) in [6.07, 6.45) is 9.44. The number of rotatable bonds is 5. The van der Waals surface area contributed by atoms with Crippen molar-refractivity contribution in [2.45, 2.75) is 57.5 Å². The molecular formula is C23H32N3O+. The summed E-state index contributed by atoms with van der Waals surface area (Å²) in [7, 11) is 2.10. The molecule has 0 spiro atoms. The largest absolute Gasteiger partial charge is 0.350 e. The van der Waals surface area contributed by atoms with Crippen LogP contribution in [-0.4, -0.2) is 23.6 Å². The molecule has 1 aromatic carbocycles. The molecule has 2 aromatic rings. The Kier molecular flexibility index (Phi) is 5.35. The number of fused-ring (bicyclic) bond motifs is 1. The summed E-state index contributed by atoms with van der Waals surface area (Å²) < 4.78 is 2.20. The molecule has 2 N–H and O–H groups in total. The van der Waals surface area contributed by atoms with E-state index in [0.29, 0.717) is 12.6 Å². The molecule has 1 aliphatic heterocycles. The van der Waals surface area contributed by atoms with Gasteiger partial charge >= 0.3 is 0 Å². The summed E-state index contributed by atoms with van der Waals surface area (Å²) >= 11 is 0. The first-order valence-electron chi connectivity index (χ1n) is 10.5. The van der Waals surface area contributed by atoms with E-state index in [4.69, 9.17) is 0 Å². The standard InChI is InChI=1S/C23H31N3O/c1-17(19-12-11-18-7-3-4-8-20(18)15-19)24-23(27)16-26-14-6-10-22(26)21-9-5-13-25(21)2/h5,9,11-13,15,17,22H,3-4,6-8,10,14,16H2,1-2H3,(H,24,27)/p+1/t17-,22-/m1/s1. The number of quaternary nitrogens is 1. The molecule has 2 aliphatic rings. The van der Waals surface area contributed by atoms with Crippen LogP contribution in [0, 0.1) is 0 Å². The lowest BCUT2D eigenvalue weighted by Crippen LogP contribution is -3.11. The Morgan fingerprint density at radius 3 is 2.81 bits per heavy atom. The Bertz CT molecular complexity index is 810. The van der Waals surface area contributed by atoms with Gasteiger partial charge in [-0.3, -0.25) is 4.79 Å². The van der Waals surface area contributed by atoms with Gasteiger partial charge in [0.1, 0.15) is 6.04 Å². The number of nitrogens with zero attached hydrogens (tertiary/aromatic N) is 1. The van der Waals surface area contributed by atoms with Crippen LogP contribution < -0.4 is 10.2 Å². The molecule has 1 unspecified atom stereocenters. The SMILES string of the molecule is C[C@@H](NC(=O)C[NH+]1CCC[C@@H]1c1cccn1C)c1ccc2c(c1)CCCC2. The Morgan fingerprint density at radius 2 is 2.04 bits per heavy atom. The van der Waals surface area contributed by atoms with Crippen LogP contribution in [0.15, 0.2) is 36.5 Å². The van der Waals surface area contributed by atoms with Crippen molar-refractivity contribution in [3.05, 3.63) is 58.9 Å². The molecular weight excluding hydrogens is 334 g/mol. The van der Waals surface area contributed by atoms with Gasteiger partial charge in [0.25, 0.3) is 5.91 Å². The van der Waals surface area contributed by atoms with E-state index in [-0.39, 0.29) is 11.9 Å². The fourth-order valence-corrected chi connectivity index (χ4v) is 4.92. The van der Waals surface area contributed by atoms with E-state index in [1.54, 1.807) is 0 Å². The van der Waals surface area contributed by atoms with Crippen LogP contribution in [0.5, 0.6) is 0 Å². The van der Waals surface area contributed by atoms with Gasteiger partial charge in [0.2, 0.25) is 0 Å². The van der Waals surface area contributed by atoms with Crippen LogP contribution in [0.2, 0.25) is 0 Å². The van der Waals surface area contributed by atoms with Crippen LogP contribution >= 0.6 is 0 Å². The lowest BCUT2D eigenvalue weighted by Gasteiger charge is -2.23. The lowest BCUT2D eigenvalue weighted by atomic mass is 9.89. The topological polar surface area (TPSA) is 38.5 Å². The highest BCUT2D eigenvalue weighted by molar-refractivity contribution is 5.77. The van der Waals surface area contributed by atoms with Gasteiger partial charge in [-0.05, 0) is 61.4 Å². The third-order valence-electron chi connectivity index (χ3n) is 6.46. The molecule has 1 amide bonds. The van der Waals surface area contributed by atoms with Crippen LogP contribution in [0.3, 0.4) is 0 Å². The number of benzene rings is 1. The van der Waals surface area contributed by atoms with Crippen LogP contribution in [-0.2, 0) is 24.7 Å². The monoisotopic (exact) mass is 366 g/mol. The summed E-state index contributed by atoms with van der Waals surface area (Å²) in [5, 5.41) is 3.24. The number of amides is 1. The van der Waals surface area contributed by atoms with Crippen molar-refractivity contribution in [3.63, 3.8) is 0 Å². The lowest BCUT2D eigenvalue weighted by molar-refractivity contribution is -0.911. The molecule has 1 saturated heterocycles. The maximum atomic E-state index is 12.7. The zero-order chi connectivity index (χ0) is 18.8. The zero-order valence-electron chi connectivity index (χ0n) is 16.6. The van der Waals surface area contributed by atoms with Gasteiger partial charge in [0.15, 0.2) is 6.54 Å². The predicted octanol–water partition coefficient (Wildman–Crippen LogP) is 2.50. The highest BCUT2D eigenvalue weighted by Crippen LogP contribution is 2.25. The molecule has 4 nitrogen and oxygen atoms in total. The Hall–Kier alpha value is -2.07. The van der Waals surface area contributed by atoms with E-state index in [2.05, 4.69) is 60.4 Å². The van der Waals surface area contributed by atoms with Crippen molar-refractivity contribution in [1.82, 2.24) is 9.88 Å². The Balaban J connectivity index is 1.38. The second-order valence-corrected chi connectivity index (χ2v) is 8.35. The molecule has 4 heteroatoms. The Labute approximate surface area is 162 Å². The molecule has 1 fully saturated rings. The minimum Gasteiger partial charge on any atom is -0.350 e. The first-order chi connectivity index (χ1) is 13.1. The molecule has 27 heavy (non-hydrogen) atoms. The zero-order valence-corrected chi connectivity index (χ0v) is 16.6. The van der Waals surface area contributed by atoms with E-state index in [9.17, 15) is 4.79 Å². The van der Waals surface area contributed by atoms with E-state index in [1.165, 1.54) is 65.8 Å². The van der Waals surface area contributed by atoms with Gasteiger partial charge in [-0.1, -0.05) is 18.2 Å². The summed E-state index contributed by atoms with van der Waals surface area (Å²) in [4.78, 5) is 14.1. The number of hydrogen-bond donors (Lipinski definition) is 2. The number of nitrogens with one attached hydrogen (secondary N) is 2. The molecule has 0 saturated carbocycles. The minimum atomic E-state index is 0.0696. The van der Waals surface area contributed by atoms with Crippen molar-refractivity contribution >= 4 is 5.91 Å². The number of hydrogen-bond acceptors (Lipinski definition) is 1. The fraction of sp³-hybridized carbons (Fsp3) is 0.522. The van der Waals surface area contributed by atoms with Gasteiger partial charge < -0.3 is 14.8 Å². The average Bonchev–Trinajstić information content (AvgIpc) is 3.29. The van der Waals surface area contributed by atoms with Crippen molar-refractivity contribution in [3.8, 4) is 0 Å². The van der Waals surface area contributed by atoms with Crippen LogP contribution in [0.4, 0.5) is 0 Å². The molecule has 1 aliphatic carbocycles. The van der Waals surface area contributed by atoms with E-state index in [0.717, 1.165) is 6.54 Å². The average molecular weight is 367 g/mol. The van der Waals surface area contributed by atoms with Crippen LogP contribution in [0.1, 0.15) is 67.1 Å². The smallest absolute Gasteiger partial charge is 0.275 e. The van der Waals surface area contributed by atoms with Gasteiger partial charge in [0, 0.05) is 26.1 Å². The van der Waals surface area contributed by atoms with E-state index >= 15 is 0 Å². The maximum absolute atomic E-state index is 12.7. The maximum Gasteiger partial charge on any atom is 0.275 e. The summed E-state index contributed by atoms with van der Waals surface area (Å²) in [6, 6.07) is 11.6. The molecule has 2 heterocycles. The van der Waals surface area contributed by atoms with Crippen molar-refractivity contribution < 1.29 is 9.69 Å². The van der Waals surface area contributed by atoms with Gasteiger partial charge in [-0.2, -0.15) is 0 Å². The van der Waals surface area contributed by atoms with Crippen molar-refractivity contribution in [2.24, 2.45) is 7.05 Å². The highest BCUT2D eigenvalue weighted by atomic mass is 16.2. The van der Waals surface area contributed by atoms with Gasteiger partial charge in [-0.15, -0.1) is 0 Å². The third kappa shape index (κ3) is 3.96. The molecule has 0 bridgehead atoms. The Morgan fingerprint density at radius 1 is 1.22 bits per heavy atom. The normalized spacial score (nSPS) is 23.0. The summed E-state index contributed by atoms with van der Waals surface area (Å²) in [5.74, 6) is 0.163. The number of aromatic nitrogens is 1. The summed E-state index contributed by atoms with van der Waals surface area (Å²) in [5.41, 5.74) is 5.56. The van der Waals surface area contributed by atoms with Crippen molar-refractivity contribution in [2.75, 3.05) is 13.1 Å². The fourth-order valence-electron chi connectivity index (χ4n) is 4.92. The predicted molar refractivity (Wildman–Crippen MR) is 108 cm³/mol. The molecule has 4 rings (SSSR count). The van der Waals surface area contributed by atoms with E-state index in [1.807, 2.05) is 0 Å². The van der Waals surface area contributed by atoms with Crippen LogP contribution in [0.25, 0.3) is 0 Å². The van der Waals surface area contributed by atoms with Gasteiger partial charge in [-0.25, -0.2) is 0 Å². The first kappa shape index (κ1) is 18.3. The second kappa shape index (κ2) is 7.89. The number of aryl methyl sites for hydroxylation is 3. The minimum absolute atomic E-state index is 0.0696.